The molecule has 0 heterocycles. The van der Waals surface area contributed by atoms with Crippen molar-refractivity contribution in [3.63, 3.8) is 0 Å². The normalized spacial score (nSPS) is 12.3. The van der Waals surface area contributed by atoms with Crippen molar-refractivity contribution in [2.75, 3.05) is 0 Å². The minimum atomic E-state index is -2.17. The average molecular weight is 999 g/mol. The minimum absolute atomic E-state index is 0.280. The van der Waals surface area contributed by atoms with Crippen LogP contribution < -0.4 is 31.9 Å². The van der Waals surface area contributed by atoms with Crippen LogP contribution in [0.15, 0.2) is 84.9 Å². The second-order valence-corrected chi connectivity index (χ2v) is 25.6. The maximum absolute atomic E-state index is 7.60. The zero-order chi connectivity index (χ0) is 52.7. The van der Waals surface area contributed by atoms with Crippen molar-refractivity contribution >= 4 is 17.2 Å². The van der Waals surface area contributed by atoms with Gasteiger partial charge in [-0.05, 0) is 192 Å². The highest BCUT2D eigenvalue weighted by molar-refractivity contribution is 7.43. The fourth-order valence-corrected chi connectivity index (χ4v) is 10.7. The van der Waals surface area contributed by atoms with Gasteiger partial charge in [0, 0.05) is 27.8 Å². The van der Waals surface area contributed by atoms with Crippen LogP contribution in [0.1, 0.15) is 155 Å². The Hall–Kier alpha value is -5.22. The highest BCUT2D eigenvalue weighted by Gasteiger charge is 2.39. The number of aryl methyl sites for hydroxylation is 8. The summed E-state index contributed by atoms with van der Waals surface area (Å²) in [4.78, 5) is 0. The van der Waals surface area contributed by atoms with Gasteiger partial charge in [-0.2, -0.15) is 0 Å². The zero-order valence-electron chi connectivity index (χ0n) is 46.8. The van der Waals surface area contributed by atoms with Crippen molar-refractivity contribution in [2.24, 2.45) is 0 Å². The van der Waals surface area contributed by atoms with E-state index in [1.54, 1.807) is 0 Å². The number of ether oxygens (including phenoxy) is 1. The molecule has 0 aliphatic carbocycles. The number of hydrogen-bond donors (Lipinski definition) is 0. The molecule has 0 aliphatic heterocycles. The molecule has 71 heavy (non-hydrogen) atoms. The number of hydrogen-bond acceptors (Lipinski definition) is 7. The van der Waals surface area contributed by atoms with E-state index >= 15 is 0 Å². The Labute approximate surface area is 430 Å². The molecule has 0 bridgehead atoms. The summed E-state index contributed by atoms with van der Waals surface area (Å²) in [7, 11) is -4.33. The summed E-state index contributed by atoms with van der Waals surface area (Å²) in [6.45, 7) is 47.2. The molecule has 7 nitrogen and oxygen atoms in total. The van der Waals surface area contributed by atoms with E-state index < -0.39 is 33.6 Å². The molecule has 0 saturated carbocycles. The molecule has 0 aromatic heterocycles. The molecule has 9 heteroatoms. The van der Waals surface area contributed by atoms with Crippen LogP contribution >= 0.6 is 17.2 Å². The molecular weight excluding hydrogens is 919 g/mol. The predicted octanol–water partition coefficient (Wildman–Crippen LogP) is 19.0. The Kier molecular flexibility index (Phi) is 16.4. The van der Waals surface area contributed by atoms with Crippen LogP contribution in [0.2, 0.25) is 0 Å². The van der Waals surface area contributed by atoms with Gasteiger partial charge in [0.05, 0.1) is 0 Å². The number of benzene rings is 6. The molecule has 0 saturated heterocycles. The van der Waals surface area contributed by atoms with Crippen LogP contribution in [0.25, 0.3) is 11.1 Å². The summed E-state index contributed by atoms with van der Waals surface area (Å²) in [5.41, 5.74) is 13.1. The Bertz CT molecular complexity index is 2800. The molecule has 0 atom stereocenters. The van der Waals surface area contributed by atoms with Crippen LogP contribution in [-0.2, 0) is 16.2 Å². The van der Waals surface area contributed by atoms with E-state index in [0.29, 0.717) is 34.5 Å². The van der Waals surface area contributed by atoms with Gasteiger partial charge in [0.2, 0.25) is 0 Å². The highest BCUT2D eigenvalue weighted by Crippen LogP contribution is 2.59. The maximum atomic E-state index is 7.60. The van der Waals surface area contributed by atoms with Gasteiger partial charge in [-0.15, -0.1) is 0 Å². The lowest BCUT2D eigenvalue weighted by Gasteiger charge is -2.35. The molecule has 6 rings (SSSR count). The molecule has 0 unspecified atom stereocenters. The molecule has 0 fully saturated rings. The first-order chi connectivity index (χ1) is 32.8. The van der Waals surface area contributed by atoms with Crippen molar-refractivity contribution in [3.8, 4) is 51.4 Å². The van der Waals surface area contributed by atoms with E-state index in [9.17, 15) is 0 Å². The molecule has 380 valence electrons. The van der Waals surface area contributed by atoms with E-state index in [2.05, 4.69) is 199 Å². The first-order valence-electron chi connectivity index (χ1n) is 24.8. The van der Waals surface area contributed by atoms with Gasteiger partial charge >= 0.3 is 17.2 Å². The Morgan fingerprint density at radius 2 is 0.606 bits per heavy atom. The maximum Gasteiger partial charge on any atom is 0.530 e. The minimum Gasteiger partial charge on any atom is -0.488 e. The first-order valence-corrected chi connectivity index (χ1v) is 27.0. The monoisotopic (exact) mass is 999 g/mol. The Balaban J connectivity index is 1.78. The SMILES string of the molecule is Cc1ccc(C)c(OP(Oc2cc(C)ccc2C)Oc2c(C(C)(C)C)cc(OC(C)(C)C)c(C)c2-c2c(C)c(C(C)(C)C)cc(C(C)(C)C)c2OP(Oc2cc(C)ccc2C)Oc2cc(C)ccc2C)c1. The lowest BCUT2D eigenvalue weighted by atomic mass is 9.74. The van der Waals surface area contributed by atoms with Crippen LogP contribution in [-0.4, -0.2) is 5.60 Å². The van der Waals surface area contributed by atoms with Crippen molar-refractivity contribution in [3.05, 3.63) is 157 Å². The molecule has 6 aromatic rings. The average Bonchev–Trinajstić information content (AvgIpc) is 3.23. The summed E-state index contributed by atoms with van der Waals surface area (Å²) in [6, 6.07) is 29.3. The van der Waals surface area contributed by atoms with Gasteiger partial charge < -0.3 is 31.9 Å². The third-order valence-electron chi connectivity index (χ3n) is 12.5. The quantitative estimate of drug-likeness (QED) is 0.101. The second kappa shape index (κ2) is 21.1. The van der Waals surface area contributed by atoms with E-state index in [1.807, 2.05) is 38.1 Å². The van der Waals surface area contributed by atoms with Crippen molar-refractivity contribution in [1.82, 2.24) is 0 Å². The lowest BCUT2D eigenvalue weighted by Crippen LogP contribution is -2.25. The molecule has 6 aromatic carbocycles. The largest absolute Gasteiger partial charge is 0.530 e. The van der Waals surface area contributed by atoms with Crippen LogP contribution in [0.4, 0.5) is 0 Å². The molecule has 0 amide bonds. The van der Waals surface area contributed by atoms with Crippen LogP contribution in [0.3, 0.4) is 0 Å². The third kappa shape index (κ3) is 13.4. The van der Waals surface area contributed by atoms with Crippen LogP contribution in [0, 0.1) is 69.2 Å². The van der Waals surface area contributed by atoms with E-state index in [4.69, 9.17) is 31.9 Å². The summed E-state index contributed by atoms with van der Waals surface area (Å²) in [5, 5.41) is 0. The Morgan fingerprint density at radius 3 is 0.901 bits per heavy atom. The van der Waals surface area contributed by atoms with Crippen molar-refractivity contribution < 1.29 is 31.9 Å². The fourth-order valence-electron chi connectivity index (χ4n) is 8.42. The predicted molar refractivity (Wildman–Crippen MR) is 299 cm³/mol. The Morgan fingerprint density at radius 1 is 0.310 bits per heavy atom. The smallest absolute Gasteiger partial charge is 0.488 e. The molecule has 0 N–H and O–H groups in total. The van der Waals surface area contributed by atoms with Gasteiger partial charge in [0.15, 0.2) is 0 Å². The summed E-state index contributed by atoms with van der Waals surface area (Å²) >= 11 is 0. The standard InChI is InChI=1S/C62H80O7P2/c1-37-23-27-41(5)50(31-37)64-70(65-51-32-38(2)24-28-42(51)6)68-57-48(60(14,15)16)35-47(59(11,12)13)45(9)55(57)56-46(10)54(63-62(20,21)22)36-49(61(17,18)19)58(56)69-71(66-52-33-39(3)25-29-43(52)7)67-53-34-40(4)26-30-44(53)8/h23-36H,1-22H3. The lowest BCUT2D eigenvalue weighted by molar-refractivity contribution is 0.129. The van der Waals surface area contributed by atoms with Gasteiger partial charge in [-0.25, -0.2) is 0 Å². The van der Waals surface area contributed by atoms with E-state index in [-0.39, 0.29) is 5.41 Å². The molecule has 0 radical (unpaired) electrons. The summed E-state index contributed by atoms with van der Waals surface area (Å²) < 4.78 is 50.3. The van der Waals surface area contributed by atoms with Crippen molar-refractivity contribution in [1.29, 1.82) is 0 Å². The molecule has 0 aliphatic rings. The fraction of sp³-hybridized carbons (Fsp3) is 0.419. The van der Waals surface area contributed by atoms with Crippen molar-refractivity contribution in [2.45, 2.75) is 174 Å². The van der Waals surface area contributed by atoms with Gasteiger partial charge in [-0.1, -0.05) is 117 Å². The molecular formula is C62H80O7P2. The first kappa shape index (κ1) is 55.1. The van der Waals surface area contributed by atoms with Gasteiger partial charge in [-0.3, -0.25) is 0 Å². The molecule has 0 spiro atoms. The van der Waals surface area contributed by atoms with Gasteiger partial charge in [0.25, 0.3) is 0 Å². The van der Waals surface area contributed by atoms with E-state index in [0.717, 1.165) is 83.6 Å². The second-order valence-electron chi connectivity index (χ2n) is 23.6. The third-order valence-corrected chi connectivity index (χ3v) is 14.6. The van der Waals surface area contributed by atoms with Crippen LogP contribution in [0.5, 0.6) is 40.2 Å². The highest BCUT2D eigenvalue weighted by atomic mass is 31.2. The number of rotatable bonds is 14. The topological polar surface area (TPSA) is 64.6 Å². The summed E-state index contributed by atoms with van der Waals surface area (Å²) in [5.74, 6) is 4.76. The summed E-state index contributed by atoms with van der Waals surface area (Å²) in [6.07, 6.45) is 0. The zero-order valence-corrected chi connectivity index (χ0v) is 48.6. The van der Waals surface area contributed by atoms with E-state index in [1.165, 1.54) is 5.56 Å². The van der Waals surface area contributed by atoms with Gasteiger partial charge in [0.1, 0.15) is 45.8 Å².